The Balaban J connectivity index is 2.06. The van der Waals surface area contributed by atoms with Gasteiger partial charge in [0.15, 0.2) is 6.10 Å². The van der Waals surface area contributed by atoms with Crippen LogP contribution >= 0.6 is 27.5 Å². The highest BCUT2D eigenvalue weighted by Gasteiger charge is 2.21. The Morgan fingerprint density at radius 1 is 1.19 bits per heavy atom. The van der Waals surface area contributed by atoms with E-state index in [9.17, 15) is 4.79 Å². The first-order valence-corrected chi connectivity index (χ1v) is 9.65. The van der Waals surface area contributed by atoms with E-state index < -0.39 is 6.10 Å². The quantitative estimate of drug-likeness (QED) is 0.649. The zero-order valence-electron chi connectivity index (χ0n) is 15.2. The smallest absolute Gasteiger partial charge is 0.261 e. The fourth-order valence-electron chi connectivity index (χ4n) is 2.48. The number of amides is 1. The maximum absolute atomic E-state index is 12.7. The van der Waals surface area contributed by atoms with E-state index in [2.05, 4.69) is 26.1 Å². The minimum absolute atomic E-state index is 0.104. The summed E-state index contributed by atoms with van der Waals surface area (Å²) >= 11 is 9.42. The van der Waals surface area contributed by atoms with Crippen molar-refractivity contribution < 1.29 is 9.53 Å². The molecule has 0 radical (unpaired) electrons. The van der Waals surface area contributed by atoms with E-state index in [0.29, 0.717) is 10.8 Å². The van der Waals surface area contributed by atoms with Gasteiger partial charge in [0.1, 0.15) is 5.75 Å². The highest BCUT2D eigenvalue weighted by molar-refractivity contribution is 9.10. The lowest BCUT2D eigenvalue weighted by atomic mass is 10.0. The number of carbonyl (C=O) groups is 1. The van der Waals surface area contributed by atoms with Crippen molar-refractivity contribution in [2.24, 2.45) is 0 Å². The molecule has 6 heteroatoms. The van der Waals surface area contributed by atoms with E-state index in [1.807, 2.05) is 62.6 Å². The molecule has 2 aromatic rings. The molecule has 0 spiro atoms. The third kappa shape index (κ3) is 6.31. The first-order valence-electron chi connectivity index (χ1n) is 8.48. The molecular weight excluding hydrogens is 416 g/mol. The molecule has 0 fully saturated rings. The van der Waals surface area contributed by atoms with Crippen LogP contribution in [-0.2, 0) is 4.79 Å². The molecule has 0 aliphatic carbocycles. The number of halogens is 2. The van der Waals surface area contributed by atoms with Gasteiger partial charge in [-0.15, -0.1) is 0 Å². The number of rotatable bonds is 8. The fourth-order valence-corrected chi connectivity index (χ4v) is 2.98. The Bertz CT molecular complexity index is 722. The summed E-state index contributed by atoms with van der Waals surface area (Å²) in [5.74, 6) is 0.492. The third-order valence-electron chi connectivity index (χ3n) is 3.96. The van der Waals surface area contributed by atoms with Crippen molar-refractivity contribution in [3.8, 4) is 5.75 Å². The van der Waals surface area contributed by atoms with Gasteiger partial charge in [-0.25, -0.2) is 0 Å². The van der Waals surface area contributed by atoms with Crippen LogP contribution in [0.25, 0.3) is 0 Å². The number of nitrogens with zero attached hydrogens (tertiary/aromatic N) is 1. The lowest BCUT2D eigenvalue weighted by Crippen LogP contribution is -2.39. The summed E-state index contributed by atoms with van der Waals surface area (Å²) in [6, 6.07) is 15.0. The number of hydrogen-bond acceptors (Lipinski definition) is 3. The van der Waals surface area contributed by atoms with Crippen molar-refractivity contribution >= 4 is 33.4 Å². The molecular formula is C20H24BrClN2O2. The average molecular weight is 440 g/mol. The second kappa shape index (κ2) is 9.95. The average Bonchev–Trinajstić information content (AvgIpc) is 2.61. The molecule has 2 aromatic carbocycles. The fraction of sp³-hybridized carbons (Fsp3) is 0.350. The van der Waals surface area contributed by atoms with E-state index in [4.69, 9.17) is 16.3 Å². The van der Waals surface area contributed by atoms with Crippen molar-refractivity contribution in [1.29, 1.82) is 0 Å². The third-order valence-corrected chi connectivity index (χ3v) is 4.87. The number of carbonyl (C=O) groups excluding carboxylic acids is 1. The molecule has 1 N–H and O–H groups in total. The lowest BCUT2D eigenvalue weighted by Gasteiger charge is -2.24. The minimum atomic E-state index is -0.608. The molecule has 0 aromatic heterocycles. The first-order chi connectivity index (χ1) is 12.4. The van der Waals surface area contributed by atoms with Crippen LogP contribution in [0.3, 0.4) is 0 Å². The van der Waals surface area contributed by atoms with Gasteiger partial charge in [0, 0.05) is 5.02 Å². The highest BCUT2D eigenvalue weighted by atomic mass is 79.9. The number of hydrogen-bond donors (Lipinski definition) is 1. The van der Waals surface area contributed by atoms with Gasteiger partial charge in [0.05, 0.1) is 10.5 Å². The molecule has 0 bridgehead atoms. The van der Waals surface area contributed by atoms with Gasteiger partial charge in [-0.2, -0.15) is 0 Å². The second-order valence-electron chi connectivity index (χ2n) is 6.40. The Hall–Kier alpha value is -1.56. The van der Waals surface area contributed by atoms with Crippen LogP contribution in [0, 0.1) is 0 Å². The number of ether oxygens (including phenoxy) is 1. The van der Waals surface area contributed by atoms with Crippen molar-refractivity contribution in [3.05, 3.63) is 63.6 Å². The largest absolute Gasteiger partial charge is 0.480 e. The number of nitrogens with one attached hydrogen (secondary N) is 1. The molecule has 0 heterocycles. The monoisotopic (exact) mass is 438 g/mol. The van der Waals surface area contributed by atoms with Gasteiger partial charge in [-0.1, -0.05) is 35.9 Å². The number of benzene rings is 2. The van der Waals surface area contributed by atoms with Crippen LogP contribution in [0.1, 0.15) is 24.9 Å². The van der Waals surface area contributed by atoms with Crippen LogP contribution in [-0.4, -0.2) is 37.6 Å². The highest BCUT2D eigenvalue weighted by Crippen LogP contribution is 2.25. The standard InChI is InChI=1S/C20H24BrClN2O2/c1-14(26-19-7-5-4-6-17(19)21)20(25)23-18(12-13-24(2)3)15-8-10-16(22)11-9-15/h4-11,14,18H,12-13H2,1-3H3,(H,23,25). The summed E-state index contributed by atoms with van der Waals surface area (Å²) in [6.07, 6.45) is 0.185. The van der Waals surface area contributed by atoms with Crippen LogP contribution in [0.2, 0.25) is 5.02 Å². The molecule has 1 amide bonds. The van der Waals surface area contributed by atoms with Gasteiger partial charge in [-0.05, 0) is 79.7 Å². The Morgan fingerprint density at radius 2 is 1.85 bits per heavy atom. The van der Waals surface area contributed by atoms with Crippen LogP contribution in [0.5, 0.6) is 5.75 Å². The molecule has 0 aliphatic rings. The summed E-state index contributed by atoms with van der Waals surface area (Å²) < 4.78 is 6.62. The second-order valence-corrected chi connectivity index (χ2v) is 7.69. The van der Waals surface area contributed by atoms with E-state index >= 15 is 0 Å². The molecule has 140 valence electrons. The molecule has 2 rings (SSSR count). The van der Waals surface area contributed by atoms with Crippen molar-refractivity contribution in [2.75, 3.05) is 20.6 Å². The van der Waals surface area contributed by atoms with Crippen LogP contribution in [0.4, 0.5) is 0 Å². The molecule has 0 aliphatic heterocycles. The van der Waals surface area contributed by atoms with Gasteiger partial charge in [-0.3, -0.25) is 4.79 Å². The Kier molecular flexibility index (Phi) is 7.94. The molecule has 2 unspecified atom stereocenters. The zero-order chi connectivity index (χ0) is 19.1. The van der Waals surface area contributed by atoms with Crippen molar-refractivity contribution in [3.63, 3.8) is 0 Å². The predicted octanol–water partition coefficient (Wildman–Crippen LogP) is 4.68. The molecule has 0 saturated carbocycles. The summed E-state index contributed by atoms with van der Waals surface area (Å²) in [4.78, 5) is 14.8. The van der Waals surface area contributed by atoms with Crippen LogP contribution in [0.15, 0.2) is 53.0 Å². The summed E-state index contributed by atoms with van der Waals surface area (Å²) in [5, 5.41) is 3.78. The summed E-state index contributed by atoms with van der Waals surface area (Å²) in [6.45, 7) is 2.60. The normalized spacial score (nSPS) is 13.3. The lowest BCUT2D eigenvalue weighted by molar-refractivity contribution is -0.128. The van der Waals surface area contributed by atoms with Crippen molar-refractivity contribution in [1.82, 2.24) is 10.2 Å². The zero-order valence-corrected chi connectivity index (χ0v) is 17.5. The van der Waals surface area contributed by atoms with E-state index in [1.165, 1.54) is 0 Å². The SMILES string of the molecule is CC(Oc1ccccc1Br)C(=O)NC(CCN(C)C)c1ccc(Cl)cc1. The van der Waals surface area contributed by atoms with Crippen molar-refractivity contribution in [2.45, 2.75) is 25.5 Å². The first kappa shape index (κ1) is 20.7. The molecule has 0 saturated heterocycles. The Labute approximate surface area is 168 Å². The molecule has 2 atom stereocenters. The van der Waals surface area contributed by atoms with Gasteiger partial charge < -0.3 is 15.0 Å². The Morgan fingerprint density at radius 3 is 2.46 bits per heavy atom. The number of para-hydroxylation sites is 1. The van der Waals surface area contributed by atoms with E-state index in [-0.39, 0.29) is 11.9 Å². The maximum Gasteiger partial charge on any atom is 0.261 e. The topological polar surface area (TPSA) is 41.6 Å². The molecule has 26 heavy (non-hydrogen) atoms. The van der Waals surface area contributed by atoms with Gasteiger partial charge in [0.2, 0.25) is 0 Å². The maximum atomic E-state index is 12.7. The predicted molar refractivity (Wildman–Crippen MR) is 110 cm³/mol. The van der Waals surface area contributed by atoms with Crippen LogP contribution < -0.4 is 10.1 Å². The summed E-state index contributed by atoms with van der Waals surface area (Å²) in [5.41, 5.74) is 1.03. The minimum Gasteiger partial charge on any atom is -0.480 e. The summed E-state index contributed by atoms with van der Waals surface area (Å²) in [7, 11) is 4.03. The van der Waals surface area contributed by atoms with E-state index in [0.717, 1.165) is 23.0 Å². The molecule has 4 nitrogen and oxygen atoms in total. The van der Waals surface area contributed by atoms with Gasteiger partial charge in [0.25, 0.3) is 5.91 Å². The van der Waals surface area contributed by atoms with E-state index in [1.54, 1.807) is 6.92 Å². The van der Waals surface area contributed by atoms with Gasteiger partial charge >= 0.3 is 0 Å².